The van der Waals surface area contributed by atoms with Gasteiger partial charge < -0.3 is 4.90 Å². The summed E-state index contributed by atoms with van der Waals surface area (Å²) in [6, 6.07) is 7.62. The lowest BCUT2D eigenvalue weighted by Crippen LogP contribution is -2.25. The third kappa shape index (κ3) is 6.16. The van der Waals surface area contributed by atoms with Gasteiger partial charge >= 0.3 is 0 Å². The van der Waals surface area contributed by atoms with Gasteiger partial charge in [0.1, 0.15) is 0 Å². The normalized spacial score (nSPS) is 11.2. The Morgan fingerprint density at radius 3 is 2.33 bits per heavy atom. The number of allylic oxidation sites excluding steroid dienone is 1. The minimum Gasteiger partial charge on any atom is -0.372 e. The molecule has 0 bridgehead atoms. The number of hydroxylamine groups is 1. The highest BCUT2D eigenvalue weighted by atomic mass is 16.5. The van der Waals surface area contributed by atoms with Crippen LogP contribution in [-0.4, -0.2) is 30.0 Å². The molecule has 1 rings (SSSR count). The minimum atomic E-state index is -0.538. The van der Waals surface area contributed by atoms with Crippen molar-refractivity contribution in [1.82, 2.24) is 5.48 Å². The van der Waals surface area contributed by atoms with E-state index in [4.69, 9.17) is 5.21 Å². The molecule has 0 heterocycles. The van der Waals surface area contributed by atoms with Crippen LogP contribution in [0.4, 0.5) is 5.69 Å². The molecule has 0 aliphatic carbocycles. The number of carbonyl (C=O) groups excluding carboxylic acids is 2. The van der Waals surface area contributed by atoms with E-state index in [1.54, 1.807) is 12.4 Å². The van der Waals surface area contributed by atoms with Crippen molar-refractivity contribution in [3.63, 3.8) is 0 Å². The fourth-order valence-electron chi connectivity index (χ4n) is 2.42. The average Bonchev–Trinajstić information content (AvgIpc) is 2.62. The van der Waals surface area contributed by atoms with Crippen LogP contribution in [0, 0.1) is 0 Å². The van der Waals surface area contributed by atoms with Gasteiger partial charge in [0.05, 0.1) is 0 Å². The summed E-state index contributed by atoms with van der Waals surface area (Å²) in [5.74, 6) is -0.647. The molecule has 0 aromatic heterocycles. The molecule has 1 aromatic carbocycles. The number of unbranched alkanes of at least 4 members (excludes halogenated alkanes) is 1. The van der Waals surface area contributed by atoms with Gasteiger partial charge in [-0.1, -0.05) is 26.3 Å². The molecule has 2 N–H and O–H groups in total. The Kier molecular flexibility index (Phi) is 8.79. The smallest absolute Gasteiger partial charge is 0.247 e. The number of hydrogen-bond acceptors (Lipinski definition) is 4. The maximum Gasteiger partial charge on any atom is 0.247 e. The Hall–Kier alpha value is -2.14. The Morgan fingerprint density at radius 2 is 1.79 bits per heavy atom. The molecule has 0 saturated heterocycles. The standard InChI is InChI=1S/C19H28N2O3/c1-4-6-14-21(13-5-2)17-10-8-16(9-11-17)19(23)15(3)7-12-18(22)20-24/h7-11,24H,4-6,12-14H2,1-3H3,(H,20,22)/b15-7+. The van der Waals surface area contributed by atoms with Crippen molar-refractivity contribution in [2.24, 2.45) is 0 Å². The highest BCUT2D eigenvalue weighted by Crippen LogP contribution is 2.18. The Balaban J connectivity index is 2.81. The summed E-state index contributed by atoms with van der Waals surface area (Å²) in [7, 11) is 0. The highest BCUT2D eigenvalue weighted by molar-refractivity contribution is 6.08. The molecule has 0 aliphatic heterocycles. The van der Waals surface area contributed by atoms with Gasteiger partial charge in [0, 0.05) is 30.8 Å². The van der Waals surface area contributed by atoms with E-state index in [2.05, 4.69) is 18.7 Å². The van der Waals surface area contributed by atoms with Crippen LogP contribution in [0.5, 0.6) is 0 Å². The molecule has 1 aromatic rings. The van der Waals surface area contributed by atoms with Crippen molar-refractivity contribution < 1.29 is 14.8 Å². The van der Waals surface area contributed by atoms with E-state index in [0.29, 0.717) is 11.1 Å². The van der Waals surface area contributed by atoms with Crippen LogP contribution in [0.1, 0.15) is 56.8 Å². The molecule has 24 heavy (non-hydrogen) atoms. The molecular weight excluding hydrogens is 304 g/mol. The number of rotatable bonds is 10. The van der Waals surface area contributed by atoms with E-state index in [0.717, 1.165) is 38.0 Å². The molecule has 0 spiro atoms. The predicted octanol–water partition coefficient (Wildman–Crippen LogP) is 3.73. The van der Waals surface area contributed by atoms with Gasteiger partial charge in [-0.25, -0.2) is 5.48 Å². The maximum atomic E-state index is 12.3. The second kappa shape index (κ2) is 10.6. The second-order valence-electron chi connectivity index (χ2n) is 5.84. The molecule has 0 fully saturated rings. The summed E-state index contributed by atoms with van der Waals surface area (Å²) in [6.45, 7) is 8.03. The second-order valence-corrected chi connectivity index (χ2v) is 5.84. The van der Waals surface area contributed by atoms with Crippen molar-refractivity contribution in [2.75, 3.05) is 18.0 Å². The zero-order valence-corrected chi connectivity index (χ0v) is 14.8. The van der Waals surface area contributed by atoms with E-state index in [1.807, 2.05) is 24.3 Å². The first kappa shape index (κ1) is 19.9. The molecule has 0 atom stereocenters. The molecule has 132 valence electrons. The molecule has 0 aliphatic rings. The fourth-order valence-corrected chi connectivity index (χ4v) is 2.42. The predicted molar refractivity (Wildman–Crippen MR) is 96.5 cm³/mol. The summed E-state index contributed by atoms with van der Waals surface area (Å²) in [5, 5.41) is 8.47. The summed E-state index contributed by atoms with van der Waals surface area (Å²) in [5.41, 5.74) is 3.76. The third-order valence-corrected chi connectivity index (χ3v) is 3.85. The van der Waals surface area contributed by atoms with Crippen molar-refractivity contribution in [2.45, 2.75) is 46.5 Å². The number of anilines is 1. The maximum absolute atomic E-state index is 12.3. The number of hydrogen-bond donors (Lipinski definition) is 2. The number of carbonyl (C=O) groups is 2. The topological polar surface area (TPSA) is 69.6 Å². The van der Waals surface area contributed by atoms with Gasteiger partial charge in [-0.05, 0) is 49.6 Å². The monoisotopic (exact) mass is 332 g/mol. The Morgan fingerprint density at radius 1 is 1.12 bits per heavy atom. The van der Waals surface area contributed by atoms with Gasteiger partial charge in [0.25, 0.3) is 0 Å². The molecular formula is C19H28N2O3. The van der Waals surface area contributed by atoms with Crippen molar-refractivity contribution in [3.05, 3.63) is 41.5 Å². The number of amides is 1. The quantitative estimate of drug-likeness (QED) is 0.296. The molecule has 1 amide bonds. The molecule has 0 saturated carbocycles. The fraction of sp³-hybridized carbons (Fsp3) is 0.474. The van der Waals surface area contributed by atoms with E-state index < -0.39 is 5.91 Å². The number of Topliss-reactive ketones (excluding diaryl/α,β-unsaturated/α-hetero) is 1. The van der Waals surface area contributed by atoms with Crippen LogP contribution in [0.2, 0.25) is 0 Å². The molecule has 5 heteroatoms. The SMILES string of the molecule is CCCCN(CCC)c1ccc(C(=O)/C(C)=C/CC(=O)NO)cc1. The molecule has 5 nitrogen and oxygen atoms in total. The lowest BCUT2D eigenvalue weighted by Gasteiger charge is -2.24. The van der Waals surface area contributed by atoms with E-state index in [1.165, 1.54) is 6.08 Å². The zero-order valence-electron chi connectivity index (χ0n) is 14.8. The van der Waals surface area contributed by atoms with Crippen LogP contribution in [0.25, 0.3) is 0 Å². The van der Waals surface area contributed by atoms with Crippen LogP contribution in [-0.2, 0) is 4.79 Å². The summed E-state index contributed by atoms with van der Waals surface area (Å²) >= 11 is 0. The molecule has 0 radical (unpaired) electrons. The van der Waals surface area contributed by atoms with E-state index in [-0.39, 0.29) is 12.2 Å². The summed E-state index contributed by atoms with van der Waals surface area (Å²) < 4.78 is 0. The van der Waals surface area contributed by atoms with E-state index in [9.17, 15) is 9.59 Å². The average molecular weight is 332 g/mol. The number of benzene rings is 1. The first-order valence-electron chi connectivity index (χ1n) is 8.52. The largest absolute Gasteiger partial charge is 0.372 e. The third-order valence-electron chi connectivity index (χ3n) is 3.85. The summed E-state index contributed by atoms with van der Waals surface area (Å²) in [6.07, 6.45) is 4.89. The van der Waals surface area contributed by atoms with E-state index >= 15 is 0 Å². The number of nitrogens with one attached hydrogen (secondary N) is 1. The van der Waals surface area contributed by atoms with Crippen molar-refractivity contribution >= 4 is 17.4 Å². The summed E-state index contributed by atoms with van der Waals surface area (Å²) in [4.78, 5) is 25.7. The lowest BCUT2D eigenvalue weighted by atomic mass is 10.0. The first-order valence-corrected chi connectivity index (χ1v) is 8.52. The molecule has 0 unspecified atom stereocenters. The number of nitrogens with zero attached hydrogens (tertiary/aromatic N) is 1. The lowest BCUT2D eigenvalue weighted by molar-refractivity contribution is -0.128. The van der Waals surface area contributed by atoms with Crippen LogP contribution in [0.3, 0.4) is 0 Å². The minimum absolute atomic E-state index is 0.0204. The van der Waals surface area contributed by atoms with Gasteiger partial charge in [-0.3, -0.25) is 14.8 Å². The van der Waals surface area contributed by atoms with Crippen LogP contribution < -0.4 is 10.4 Å². The van der Waals surface area contributed by atoms with Gasteiger partial charge in [0.15, 0.2) is 5.78 Å². The van der Waals surface area contributed by atoms with Crippen molar-refractivity contribution in [1.29, 1.82) is 0 Å². The van der Waals surface area contributed by atoms with Gasteiger partial charge in [-0.2, -0.15) is 0 Å². The zero-order chi connectivity index (χ0) is 17.9. The Bertz CT molecular complexity index is 564. The van der Waals surface area contributed by atoms with Gasteiger partial charge in [0.2, 0.25) is 5.91 Å². The first-order chi connectivity index (χ1) is 11.5. The van der Waals surface area contributed by atoms with Gasteiger partial charge in [-0.15, -0.1) is 0 Å². The Labute approximate surface area is 144 Å². The van der Waals surface area contributed by atoms with Crippen LogP contribution >= 0.6 is 0 Å². The highest BCUT2D eigenvalue weighted by Gasteiger charge is 2.10. The van der Waals surface area contributed by atoms with Crippen molar-refractivity contribution in [3.8, 4) is 0 Å². The number of ketones is 1. The van der Waals surface area contributed by atoms with Crippen LogP contribution in [0.15, 0.2) is 35.9 Å².